The van der Waals surface area contributed by atoms with Crippen molar-refractivity contribution in [1.82, 2.24) is 4.57 Å². The van der Waals surface area contributed by atoms with Gasteiger partial charge in [0.15, 0.2) is 4.80 Å². The summed E-state index contributed by atoms with van der Waals surface area (Å²) in [7, 11) is 1.77. The highest BCUT2D eigenvalue weighted by Gasteiger charge is 2.22. The van der Waals surface area contributed by atoms with Gasteiger partial charge in [-0.1, -0.05) is 29.5 Å². The van der Waals surface area contributed by atoms with Crippen LogP contribution in [0.15, 0.2) is 47.5 Å². The van der Waals surface area contributed by atoms with E-state index in [1.165, 1.54) is 40.8 Å². The largest absolute Gasteiger partial charge is 0.319 e. The van der Waals surface area contributed by atoms with Gasteiger partial charge in [-0.15, -0.1) is 11.8 Å². The predicted molar refractivity (Wildman–Crippen MR) is 122 cm³/mol. The van der Waals surface area contributed by atoms with Gasteiger partial charge in [0.1, 0.15) is 0 Å². The number of amides is 2. The van der Waals surface area contributed by atoms with E-state index in [-0.39, 0.29) is 29.0 Å². The summed E-state index contributed by atoms with van der Waals surface area (Å²) in [5.74, 6) is -0.0474. The molecule has 1 aliphatic rings. The Balaban J connectivity index is 1.41. The van der Waals surface area contributed by atoms with E-state index in [1.807, 2.05) is 24.3 Å². The van der Waals surface area contributed by atoms with Crippen LogP contribution in [-0.2, 0) is 23.1 Å². The van der Waals surface area contributed by atoms with Crippen molar-refractivity contribution in [3.8, 4) is 0 Å². The van der Waals surface area contributed by atoms with Gasteiger partial charge >= 0.3 is 0 Å². The molecular weight excluding hydrogens is 436 g/mol. The second-order valence-electron chi connectivity index (χ2n) is 7.13. The zero-order chi connectivity index (χ0) is 22.0. The normalized spacial score (nSPS) is 14.0. The molecule has 0 saturated carbocycles. The first-order chi connectivity index (χ1) is 14.9. The number of nitro benzene ring substituents is 1. The molecule has 3 aromatic rings. The third-order valence-corrected chi connectivity index (χ3v) is 7.08. The number of nitro groups is 1. The molecule has 0 aliphatic carbocycles. The van der Waals surface area contributed by atoms with E-state index in [2.05, 4.69) is 4.99 Å². The molecule has 1 aromatic heterocycles. The second-order valence-corrected chi connectivity index (χ2v) is 9.12. The minimum Gasteiger partial charge on any atom is -0.319 e. The van der Waals surface area contributed by atoms with Crippen LogP contribution in [0.2, 0.25) is 0 Å². The van der Waals surface area contributed by atoms with Crippen LogP contribution < -0.4 is 9.70 Å². The van der Waals surface area contributed by atoms with E-state index in [1.54, 1.807) is 22.6 Å². The predicted octanol–water partition coefficient (Wildman–Crippen LogP) is 3.29. The number of benzene rings is 2. The fourth-order valence-electron chi connectivity index (χ4n) is 3.58. The Kier molecular flexibility index (Phi) is 6.19. The zero-order valence-electron chi connectivity index (χ0n) is 16.8. The maximum absolute atomic E-state index is 12.7. The number of hydrogen-bond donors (Lipinski definition) is 0. The second kappa shape index (κ2) is 9.03. The molecule has 0 N–H and O–H groups in total. The van der Waals surface area contributed by atoms with E-state index >= 15 is 0 Å². The van der Waals surface area contributed by atoms with E-state index in [0.29, 0.717) is 16.0 Å². The van der Waals surface area contributed by atoms with Gasteiger partial charge in [-0.05, 0) is 30.5 Å². The molecule has 2 heterocycles. The lowest BCUT2D eigenvalue weighted by Crippen LogP contribution is -2.36. The number of fused-ring (bicyclic) bond motifs is 2. The molecule has 10 heteroatoms. The Morgan fingerprint density at radius 1 is 1.23 bits per heavy atom. The summed E-state index contributed by atoms with van der Waals surface area (Å²) in [5, 5.41) is 11.0. The minimum absolute atomic E-state index is 0.000538. The molecule has 160 valence electrons. The number of rotatable bonds is 5. The summed E-state index contributed by atoms with van der Waals surface area (Å²) in [6, 6.07) is 12.5. The Morgan fingerprint density at radius 2 is 2.03 bits per heavy atom. The molecule has 0 atom stereocenters. The summed E-state index contributed by atoms with van der Waals surface area (Å²) < 4.78 is 2.43. The van der Waals surface area contributed by atoms with Crippen LogP contribution in [0, 0.1) is 10.1 Å². The minimum atomic E-state index is -0.449. The lowest BCUT2D eigenvalue weighted by Gasteiger charge is -2.29. The topological polar surface area (TPSA) is 97.8 Å². The van der Waals surface area contributed by atoms with Gasteiger partial charge in [-0.3, -0.25) is 19.7 Å². The van der Waals surface area contributed by atoms with Crippen molar-refractivity contribution in [1.29, 1.82) is 0 Å². The van der Waals surface area contributed by atoms with E-state index in [4.69, 9.17) is 0 Å². The molecule has 0 unspecified atom stereocenters. The SMILES string of the molecule is Cn1c(=NC(=O)CSCC(=O)N2CCCc3ccccc32)sc2cc([N+](=O)[O-])ccc21. The summed E-state index contributed by atoms with van der Waals surface area (Å²) in [5.41, 5.74) is 2.91. The fourth-order valence-corrected chi connectivity index (χ4v) is 5.32. The number of carbonyl (C=O) groups is 2. The Labute approximate surface area is 186 Å². The van der Waals surface area contributed by atoms with Gasteiger partial charge in [0.25, 0.3) is 11.6 Å². The van der Waals surface area contributed by atoms with Gasteiger partial charge in [0.2, 0.25) is 5.91 Å². The lowest BCUT2D eigenvalue weighted by molar-refractivity contribution is -0.384. The number of thioether (sulfide) groups is 1. The maximum Gasteiger partial charge on any atom is 0.270 e. The average molecular weight is 457 g/mol. The number of thiazole rings is 1. The summed E-state index contributed by atoms with van der Waals surface area (Å²) >= 11 is 2.47. The fraction of sp³-hybridized carbons (Fsp3) is 0.286. The summed E-state index contributed by atoms with van der Waals surface area (Å²) in [6.45, 7) is 0.693. The maximum atomic E-state index is 12.7. The van der Waals surface area contributed by atoms with E-state index in [0.717, 1.165) is 24.0 Å². The van der Waals surface area contributed by atoms with Crippen molar-refractivity contribution in [2.45, 2.75) is 12.8 Å². The molecule has 1 aliphatic heterocycles. The number of hydrogen-bond acceptors (Lipinski definition) is 6. The number of anilines is 1. The van der Waals surface area contributed by atoms with E-state index < -0.39 is 4.92 Å². The van der Waals surface area contributed by atoms with E-state index in [9.17, 15) is 19.7 Å². The first kappa shape index (κ1) is 21.3. The Bertz CT molecular complexity index is 1250. The van der Waals surface area contributed by atoms with Gasteiger partial charge < -0.3 is 9.47 Å². The van der Waals surface area contributed by atoms with Crippen molar-refractivity contribution < 1.29 is 14.5 Å². The van der Waals surface area contributed by atoms with Crippen molar-refractivity contribution in [3.05, 3.63) is 62.9 Å². The van der Waals surface area contributed by atoms with Crippen molar-refractivity contribution >= 4 is 56.5 Å². The number of aromatic nitrogens is 1. The molecule has 0 fully saturated rings. The molecule has 0 bridgehead atoms. The van der Waals surface area contributed by atoms with Gasteiger partial charge in [-0.25, -0.2) is 0 Å². The standard InChI is InChI=1S/C21H20N4O4S2/c1-23-17-9-8-15(25(28)29)11-18(17)31-21(23)22-19(26)12-30-13-20(27)24-10-4-6-14-5-2-3-7-16(14)24/h2-3,5,7-9,11H,4,6,10,12-13H2,1H3. The zero-order valence-corrected chi connectivity index (χ0v) is 18.4. The quantitative estimate of drug-likeness (QED) is 0.433. The molecule has 0 saturated heterocycles. The molecular formula is C21H20N4O4S2. The molecule has 2 aromatic carbocycles. The number of carbonyl (C=O) groups excluding carboxylic acids is 2. The van der Waals surface area contributed by atoms with Crippen LogP contribution in [-0.4, -0.2) is 39.4 Å². The average Bonchev–Trinajstić information content (AvgIpc) is 3.07. The molecule has 31 heavy (non-hydrogen) atoms. The first-order valence-electron chi connectivity index (χ1n) is 9.71. The molecule has 0 radical (unpaired) electrons. The van der Waals surface area contributed by atoms with Gasteiger partial charge in [-0.2, -0.15) is 4.99 Å². The molecule has 2 amide bonds. The molecule has 8 nitrogen and oxygen atoms in total. The first-order valence-corrected chi connectivity index (χ1v) is 11.7. The van der Waals surface area contributed by atoms with Crippen molar-refractivity contribution in [2.24, 2.45) is 12.0 Å². The summed E-state index contributed by atoms with van der Waals surface area (Å²) in [4.78, 5) is 41.9. The van der Waals surface area contributed by atoms with Crippen LogP contribution in [0.25, 0.3) is 10.2 Å². The summed E-state index contributed by atoms with van der Waals surface area (Å²) in [6.07, 6.45) is 1.90. The number of aryl methyl sites for hydroxylation is 2. The third-order valence-electron chi connectivity index (χ3n) is 5.09. The highest BCUT2D eigenvalue weighted by atomic mass is 32.2. The van der Waals surface area contributed by atoms with Crippen LogP contribution in [0.5, 0.6) is 0 Å². The number of non-ortho nitro benzene ring substituents is 1. The molecule has 4 rings (SSSR count). The lowest BCUT2D eigenvalue weighted by atomic mass is 10.0. The molecule has 0 spiro atoms. The number of nitrogens with zero attached hydrogens (tertiary/aromatic N) is 4. The Hall–Kier alpha value is -2.98. The van der Waals surface area contributed by atoms with Crippen molar-refractivity contribution in [3.63, 3.8) is 0 Å². The van der Waals surface area contributed by atoms with Crippen LogP contribution >= 0.6 is 23.1 Å². The van der Waals surface area contributed by atoms with Crippen LogP contribution in [0.3, 0.4) is 0 Å². The smallest absolute Gasteiger partial charge is 0.270 e. The van der Waals surface area contributed by atoms with Gasteiger partial charge in [0, 0.05) is 31.4 Å². The van der Waals surface area contributed by atoms with Crippen LogP contribution in [0.1, 0.15) is 12.0 Å². The third kappa shape index (κ3) is 4.54. The highest BCUT2D eigenvalue weighted by Crippen LogP contribution is 2.27. The monoisotopic (exact) mass is 456 g/mol. The van der Waals surface area contributed by atoms with Crippen LogP contribution in [0.4, 0.5) is 11.4 Å². The van der Waals surface area contributed by atoms with Crippen molar-refractivity contribution in [2.75, 3.05) is 23.0 Å². The number of para-hydroxylation sites is 1. The highest BCUT2D eigenvalue weighted by molar-refractivity contribution is 8.00. The Morgan fingerprint density at radius 3 is 2.84 bits per heavy atom. The van der Waals surface area contributed by atoms with Gasteiger partial charge in [0.05, 0.1) is 26.6 Å².